The third kappa shape index (κ3) is 1.62. The quantitative estimate of drug-likeness (QED) is 0.823. The van der Waals surface area contributed by atoms with Crippen molar-refractivity contribution in [3.05, 3.63) is 29.7 Å². The molecular formula is C12H13FN2S. The Morgan fingerprint density at radius 1 is 1.31 bits per heavy atom. The molecule has 1 saturated heterocycles. The Bertz CT molecular complexity index is 503. The van der Waals surface area contributed by atoms with E-state index in [-0.39, 0.29) is 5.82 Å². The zero-order valence-electron chi connectivity index (χ0n) is 8.87. The minimum Gasteiger partial charge on any atom is -0.317 e. The average molecular weight is 236 g/mol. The van der Waals surface area contributed by atoms with Crippen LogP contribution in [0.25, 0.3) is 10.1 Å². The number of nitrogens with one attached hydrogen (secondary N) is 1. The first-order valence-electron chi connectivity index (χ1n) is 5.61. The highest BCUT2D eigenvalue weighted by Crippen LogP contribution is 2.33. The molecule has 1 fully saturated rings. The van der Waals surface area contributed by atoms with Crippen LogP contribution >= 0.6 is 11.5 Å². The Morgan fingerprint density at radius 3 is 2.94 bits per heavy atom. The Balaban J connectivity index is 2.06. The molecule has 0 spiro atoms. The second-order valence-corrected chi connectivity index (χ2v) is 4.98. The first-order chi connectivity index (χ1) is 7.86. The van der Waals surface area contributed by atoms with Crippen molar-refractivity contribution in [3.8, 4) is 0 Å². The fourth-order valence-corrected chi connectivity index (χ4v) is 3.20. The van der Waals surface area contributed by atoms with Gasteiger partial charge in [-0.05, 0) is 43.5 Å². The number of piperidine rings is 1. The minimum atomic E-state index is -0.143. The average Bonchev–Trinajstić information content (AvgIpc) is 2.75. The van der Waals surface area contributed by atoms with Gasteiger partial charge in [-0.2, -0.15) is 4.37 Å². The maximum absolute atomic E-state index is 13.5. The van der Waals surface area contributed by atoms with Gasteiger partial charge < -0.3 is 5.32 Å². The molecule has 0 radical (unpaired) electrons. The minimum absolute atomic E-state index is 0.143. The number of fused-ring (bicyclic) bond motifs is 1. The lowest BCUT2D eigenvalue weighted by atomic mass is 9.93. The molecule has 0 amide bonds. The fraction of sp³-hybridized carbons (Fsp3) is 0.417. The van der Waals surface area contributed by atoms with Crippen LogP contribution in [0.15, 0.2) is 18.2 Å². The number of nitrogens with zero attached hydrogens (tertiary/aromatic N) is 1. The van der Waals surface area contributed by atoms with Crippen molar-refractivity contribution in [2.45, 2.75) is 18.8 Å². The van der Waals surface area contributed by atoms with Crippen LogP contribution in [0, 0.1) is 5.82 Å². The van der Waals surface area contributed by atoms with Crippen LogP contribution in [0.4, 0.5) is 4.39 Å². The smallest absolute Gasteiger partial charge is 0.142 e. The highest BCUT2D eigenvalue weighted by Gasteiger charge is 2.20. The van der Waals surface area contributed by atoms with E-state index in [1.165, 1.54) is 17.6 Å². The topological polar surface area (TPSA) is 24.9 Å². The van der Waals surface area contributed by atoms with Gasteiger partial charge >= 0.3 is 0 Å². The number of halogens is 1. The summed E-state index contributed by atoms with van der Waals surface area (Å²) in [6.07, 6.45) is 2.21. The largest absolute Gasteiger partial charge is 0.317 e. The first-order valence-corrected chi connectivity index (χ1v) is 6.38. The highest BCUT2D eigenvalue weighted by molar-refractivity contribution is 7.13. The zero-order valence-corrected chi connectivity index (χ0v) is 9.69. The lowest BCUT2D eigenvalue weighted by Gasteiger charge is -2.21. The van der Waals surface area contributed by atoms with Crippen molar-refractivity contribution in [1.82, 2.24) is 9.69 Å². The molecule has 2 nitrogen and oxygen atoms in total. The van der Waals surface area contributed by atoms with E-state index < -0.39 is 0 Å². The molecule has 2 heterocycles. The zero-order chi connectivity index (χ0) is 11.0. The summed E-state index contributed by atoms with van der Waals surface area (Å²) in [6, 6.07) is 5.27. The van der Waals surface area contributed by atoms with E-state index in [1.54, 1.807) is 6.07 Å². The maximum Gasteiger partial charge on any atom is 0.142 e. The molecule has 1 aliphatic rings. The van der Waals surface area contributed by atoms with Gasteiger partial charge in [0, 0.05) is 11.3 Å². The Labute approximate surface area is 97.6 Å². The molecule has 0 saturated carbocycles. The molecular weight excluding hydrogens is 223 g/mol. The van der Waals surface area contributed by atoms with E-state index in [0.29, 0.717) is 10.6 Å². The third-order valence-corrected chi connectivity index (χ3v) is 4.09. The molecule has 2 aromatic rings. The summed E-state index contributed by atoms with van der Waals surface area (Å²) in [6.45, 7) is 2.08. The van der Waals surface area contributed by atoms with Crippen molar-refractivity contribution >= 4 is 21.6 Å². The second-order valence-electron chi connectivity index (χ2n) is 4.21. The van der Waals surface area contributed by atoms with Crippen molar-refractivity contribution in [1.29, 1.82) is 0 Å². The fourth-order valence-electron chi connectivity index (χ4n) is 2.34. The summed E-state index contributed by atoms with van der Waals surface area (Å²) in [5.74, 6) is 0.354. The van der Waals surface area contributed by atoms with Gasteiger partial charge in [0.25, 0.3) is 0 Å². The van der Waals surface area contributed by atoms with Gasteiger partial charge in [-0.15, -0.1) is 0 Å². The summed E-state index contributed by atoms with van der Waals surface area (Å²) >= 11 is 1.29. The number of hydrogen-bond acceptors (Lipinski definition) is 3. The van der Waals surface area contributed by atoms with E-state index in [1.807, 2.05) is 6.07 Å². The number of rotatable bonds is 1. The molecule has 1 aromatic carbocycles. The molecule has 1 N–H and O–H groups in total. The maximum atomic E-state index is 13.5. The Hall–Kier alpha value is -1.00. The standard InChI is InChI=1S/C12H13FN2S/c13-10-3-1-2-9-11(15-16-12(9)10)8-4-6-14-7-5-8/h1-3,8,14H,4-7H2. The highest BCUT2D eigenvalue weighted by atomic mass is 32.1. The van der Waals surface area contributed by atoms with E-state index in [2.05, 4.69) is 9.69 Å². The monoisotopic (exact) mass is 236 g/mol. The lowest BCUT2D eigenvalue weighted by Crippen LogP contribution is -2.26. The van der Waals surface area contributed by atoms with Crippen LogP contribution in [-0.2, 0) is 0 Å². The predicted molar refractivity (Wildman–Crippen MR) is 64.4 cm³/mol. The van der Waals surface area contributed by atoms with Crippen LogP contribution in [0.2, 0.25) is 0 Å². The van der Waals surface area contributed by atoms with Crippen molar-refractivity contribution in [2.24, 2.45) is 0 Å². The normalized spacial score (nSPS) is 18.1. The van der Waals surface area contributed by atoms with Crippen LogP contribution in [0.1, 0.15) is 24.5 Å². The van der Waals surface area contributed by atoms with Gasteiger partial charge in [-0.25, -0.2) is 4.39 Å². The van der Waals surface area contributed by atoms with Crippen LogP contribution in [0.5, 0.6) is 0 Å². The predicted octanol–water partition coefficient (Wildman–Crippen LogP) is 2.90. The summed E-state index contributed by atoms with van der Waals surface area (Å²) in [5, 5.41) is 4.35. The molecule has 0 bridgehead atoms. The second kappa shape index (κ2) is 4.11. The van der Waals surface area contributed by atoms with Gasteiger partial charge in [0.2, 0.25) is 0 Å². The Morgan fingerprint density at radius 2 is 2.12 bits per heavy atom. The third-order valence-electron chi connectivity index (χ3n) is 3.20. The van der Waals surface area contributed by atoms with Crippen LogP contribution in [0.3, 0.4) is 0 Å². The lowest BCUT2D eigenvalue weighted by molar-refractivity contribution is 0.457. The summed E-state index contributed by atoms with van der Waals surface area (Å²) in [7, 11) is 0. The van der Waals surface area contributed by atoms with E-state index in [9.17, 15) is 4.39 Å². The van der Waals surface area contributed by atoms with Gasteiger partial charge in [-0.3, -0.25) is 0 Å². The summed E-state index contributed by atoms with van der Waals surface area (Å²) in [4.78, 5) is 0. The molecule has 0 atom stereocenters. The van der Waals surface area contributed by atoms with E-state index >= 15 is 0 Å². The van der Waals surface area contributed by atoms with Crippen molar-refractivity contribution in [2.75, 3.05) is 13.1 Å². The SMILES string of the molecule is Fc1cccc2c(C3CCNCC3)nsc12. The van der Waals surface area contributed by atoms with Gasteiger partial charge in [0.15, 0.2) is 0 Å². The molecule has 0 aliphatic carbocycles. The van der Waals surface area contributed by atoms with Crippen LogP contribution < -0.4 is 5.32 Å². The van der Waals surface area contributed by atoms with Crippen LogP contribution in [-0.4, -0.2) is 17.5 Å². The van der Waals surface area contributed by atoms with Gasteiger partial charge in [0.05, 0.1) is 10.4 Å². The summed E-state index contributed by atoms with van der Waals surface area (Å²) < 4.78 is 18.7. The van der Waals surface area contributed by atoms with Gasteiger partial charge in [0.1, 0.15) is 5.82 Å². The molecule has 1 aromatic heterocycles. The molecule has 1 aliphatic heterocycles. The molecule has 84 valence electrons. The molecule has 3 rings (SSSR count). The summed E-state index contributed by atoms with van der Waals surface area (Å²) in [5.41, 5.74) is 1.10. The molecule has 0 unspecified atom stereocenters. The van der Waals surface area contributed by atoms with Gasteiger partial charge in [-0.1, -0.05) is 12.1 Å². The van der Waals surface area contributed by atoms with E-state index in [4.69, 9.17) is 0 Å². The van der Waals surface area contributed by atoms with Crippen molar-refractivity contribution < 1.29 is 4.39 Å². The molecule has 4 heteroatoms. The first kappa shape index (κ1) is 10.2. The number of hydrogen-bond donors (Lipinski definition) is 1. The number of aromatic nitrogens is 1. The molecule has 16 heavy (non-hydrogen) atoms. The number of benzene rings is 1. The van der Waals surface area contributed by atoms with Crippen molar-refractivity contribution in [3.63, 3.8) is 0 Å². The van der Waals surface area contributed by atoms with E-state index in [0.717, 1.165) is 37.0 Å². The Kier molecular flexibility index (Phi) is 2.61.